The third-order valence-electron chi connectivity index (χ3n) is 7.52. The third-order valence-corrected chi connectivity index (χ3v) is 10.1. The molecule has 38 heavy (non-hydrogen) atoms. The van der Waals surface area contributed by atoms with Gasteiger partial charge in [0.1, 0.15) is 10.6 Å². The zero-order valence-electron chi connectivity index (χ0n) is 19.7. The molecule has 1 saturated carbocycles. The Hall–Kier alpha value is -2.90. The predicted octanol–water partition coefficient (Wildman–Crippen LogP) is 5.44. The van der Waals surface area contributed by atoms with E-state index in [1.165, 1.54) is 7.05 Å². The van der Waals surface area contributed by atoms with Gasteiger partial charge < -0.3 is 10.6 Å². The fourth-order valence-electron chi connectivity index (χ4n) is 5.79. The Bertz CT molecular complexity index is 1330. The SMILES string of the molecule is CNC(=O)N[C@@H]1CC[C@@]2(S(=O)(=O)c3ccc(F)cc3)c3ccc(C(F)(C(F)(F)F)C(F)(F)F)cc3CC[C@@H]12. The molecule has 2 aromatic rings. The van der Waals surface area contributed by atoms with Gasteiger partial charge in [-0.3, -0.25) is 0 Å². The topological polar surface area (TPSA) is 75.3 Å². The molecule has 2 amide bonds. The second-order valence-electron chi connectivity index (χ2n) is 9.39. The van der Waals surface area contributed by atoms with Crippen LogP contribution in [0.25, 0.3) is 0 Å². The Kier molecular flexibility index (Phi) is 6.73. The summed E-state index contributed by atoms with van der Waals surface area (Å²) < 4.78 is 135. The fourth-order valence-corrected chi connectivity index (χ4v) is 8.26. The smallest absolute Gasteiger partial charge is 0.341 e. The van der Waals surface area contributed by atoms with Crippen LogP contribution in [0.1, 0.15) is 36.0 Å². The number of carbonyl (C=O) groups is 1. The van der Waals surface area contributed by atoms with E-state index in [2.05, 4.69) is 10.6 Å². The Morgan fingerprint density at radius 2 is 1.55 bits per heavy atom. The molecule has 2 N–H and O–H groups in total. The third kappa shape index (κ3) is 4.02. The number of fused-ring (bicyclic) bond motifs is 3. The number of sulfone groups is 1. The highest BCUT2D eigenvalue weighted by molar-refractivity contribution is 7.92. The van der Waals surface area contributed by atoms with E-state index in [4.69, 9.17) is 0 Å². The van der Waals surface area contributed by atoms with Crippen molar-refractivity contribution in [2.45, 2.75) is 59.4 Å². The van der Waals surface area contributed by atoms with Gasteiger partial charge in [0, 0.05) is 24.6 Å². The molecule has 0 saturated heterocycles. The summed E-state index contributed by atoms with van der Waals surface area (Å²) in [6, 6.07) is 4.06. The molecule has 0 unspecified atom stereocenters. The van der Waals surface area contributed by atoms with Crippen LogP contribution in [-0.4, -0.2) is 39.9 Å². The van der Waals surface area contributed by atoms with Crippen molar-refractivity contribution >= 4 is 15.9 Å². The van der Waals surface area contributed by atoms with Gasteiger partial charge in [0.15, 0.2) is 9.84 Å². The Morgan fingerprint density at radius 1 is 0.947 bits per heavy atom. The Balaban J connectivity index is 1.93. The summed E-state index contributed by atoms with van der Waals surface area (Å²) in [6.45, 7) is 0. The largest absolute Gasteiger partial charge is 0.435 e. The lowest BCUT2D eigenvalue weighted by Gasteiger charge is -2.43. The number of urea groups is 1. The van der Waals surface area contributed by atoms with Crippen LogP contribution in [-0.2, 0) is 26.7 Å². The van der Waals surface area contributed by atoms with Crippen molar-refractivity contribution in [3.63, 3.8) is 0 Å². The summed E-state index contributed by atoms with van der Waals surface area (Å²) in [5.74, 6) is -1.55. The maximum Gasteiger partial charge on any atom is 0.435 e. The van der Waals surface area contributed by atoms with Gasteiger partial charge in [-0.2, -0.15) is 26.3 Å². The van der Waals surface area contributed by atoms with Crippen LogP contribution < -0.4 is 10.6 Å². The first-order valence-corrected chi connectivity index (χ1v) is 12.9. The van der Waals surface area contributed by atoms with E-state index < -0.39 is 62.0 Å². The van der Waals surface area contributed by atoms with Crippen molar-refractivity contribution < 1.29 is 48.3 Å². The van der Waals surface area contributed by atoms with Crippen molar-refractivity contribution in [3.8, 4) is 0 Å². The minimum Gasteiger partial charge on any atom is -0.341 e. The van der Waals surface area contributed by atoms with Gasteiger partial charge in [-0.15, -0.1) is 0 Å². The van der Waals surface area contributed by atoms with Crippen LogP contribution in [0.3, 0.4) is 0 Å². The zero-order valence-corrected chi connectivity index (χ0v) is 20.5. The second-order valence-corrected chi connectivity index (χ2v) is 11.6. The standard InChI is InChI=1S/C24H22F8N2O3S/c1-33-20(35)34-19-10-11-21(38(36,37)16-6-4-15(25)5-7-16)17-9-3-14(12-13(17)2-8-18(19)21)22(26,23(27,28)29)24(30,31)32/h3-7,9,12,18-19H,2,8,10-11H2,1H3,(H2,33,34,35)/t18-,19+,21+/m0/s1. The summed E-state index contributed by atoms with van der Waals surface area (Å²) in [5, 5.41) is 5.01. The molecule has 0 spiro atoms. The molecule has 0 heterocycles. The van der Waals surface area contributed by atoms with Gasteiger partial charge in [-0.25, -0.2) is 22.0 Å². The van der Waals surface area contributed by atoms with Crippen LogP contribution in [0.5, 0.6) is 0 Å². The van der Waals surface area contributed by atoms with Crippen molar-refractivity contribution in [2.75, 3.05) is 7.05 Å². The van der Waals surface area contributed by atoms with E-state index in [1.54, 1.807) is 0 Å². The highest BCUT2D eigenvalue weighted by Crippen LogP contribution is 2.59. The maximum atomic E-state index is 14.8. The van der Waals surface area contributed by atoms with Crippen LogP contribution >= 0.6 is 0 Å². The predicted molar refractivity (Wildman–Crippen MR) is 119 cm³/mol. The summed E-state index contributed by atoms with van der Waals surface area (Å²) in [7, 11) is -3.11. The molecule has 0 aliphatic heterocycles. The normalized spacial score (nSPS) is 23.9. The molecular weight excluding hydrogens is 548 g/mol. The van der Waals surface area contributed by atoms with Crippen molar-refractivity contribution in [2.24, 2.45) is 5.92 Å². The monoisotopic (exact) mass is 570 g/mol. The number of nitrogens with one attached hydrogen (secondary N) is 2. The number of aryl methyl sites for hydroxylation is 1. The van der Waals surface area contributed by atoms with Crippen molar-refractivity contribution in [3.05, 3.63) is 65.0 Å². The molecule has 5 nitrogen and oxygen atoms in total. The number of amides is 2. The highest BCUT2D eigenvalue weighted by atomic mass is 32.2. The average Bonchev–Trinajstić information content (AvgIpc) is 3.22. The van der Waals surface area contributed by atoms with E-state index in [-0.39, 0.29) is 41.7 Å². The minimum atomic E-state index is -6.33. The summed E-state index contributed by atoms with van der Waals surface area (Å²) in [5.41, 5.74) is -7.63. The van der Waals surface area contributed by atoms with Gasteiger partial charge in [-0.05, 0) is 61.1 Å². The van der Waals surface area contributed by atoms with Crippen LogP contribution in [0, 0.1) is 11.7 Å². The molecule has 2 aromatic carbocycles. The Morgan fingerprint density at radius 3 is 2.11 bits per heavy atom. The van der Waals surface area contributed by atoms with Gasteiger partial charge in [-0.1, -0.05) is 18.2 Å². The number of alkyl halides is 7. The lowest BCUT2D eigenvalue weighted by atomic mass is 9.74. The molecule has 0 radical (unpaired) electrons. The van der Waals surface area contributed by atoms with E-state index in [0.29, 0.717) is 12.1 Å². The zero-order chi connectivity index (χ0) is 28.3. The highest BCUT2D eigenvalue weighted by Gasteiger charge is 2.73. The molecule has 1 fully saturated rings. The first-order chi connectivity index (χ1) is 17.5. The van der Waals surface area contributed by atoms with E-state index in [0.717, 1.165) is 30.3 Å². The molecule has 4 rings (SSSR count). The second kappa shape index (κ2) is 9.09. The molecule has 0 bridgehead atoms. The van der Waals surface area contributed by atoms with E-state index in [1.807, 2.05) is 0 Å². The minimum absolute atomic E-state index is 0.0388. The van der Waals surface area contributed by atoms with E-state index >= 15 is 0 Å². The molecular formula is C24H22F8N2O3S. The molecule has 14 heteroatoms. The first-order valence-electron chi connectivity index (χ1n) is 11.5. The average molecular weight is 571 g/mol. The molecule has 208 valence electrons. The summed E-state index contributed by atoms with van der Waals surface area (Å²) in [6.07, 6.45) is -12.9. The van der Waals surface area contributed by atoms with E-state index in [9.17, 15) is 48.3 Å². The number of rotatable bonds is 4. The van der Waals surface area contributed by atoms with Gasteiger partial charge in [0.05, 0.1) is 4.90 Å². The maximum absolute atomic E-state index is 14.8. The lowest BCUT2D eigenvalue weighted by molar-refractivity contribution is -0.348. The fraction of sp³-hybridized carbons (Fsp3) is 0.458. The number of carbonyl (C=O) groups excluding carboxylic acids is 1. The summed E-state index contributed by atoms with van der Waals surface area (Å²) in [4.78, 5) is 11.7. The molecule has 3 atom stereocenters. The molecule has 2 aliphatic rings. The Labute approximate surface area is 212 Å². The summed E-state index contributed by atoms with van der Waals surface area (Å²) >= 11 is 0. The van der Waals surface area contributed by atoms with Gasteiger partial charge >= 0.3 is 24.1 Å². The lowest BCUT2D eigenvalue weighted by Crippen LogP contribution is -2.52. The van der Waals surface area contributed by atoms with Crippen LogP contribution in [0.4, 0.5) is 39.9 Å². The van der Waals surface area contributed by atoms with Crippen LogP contribution in [0.2, 0.25) is 0 Å². The quantitative estimate of drug-likeness (QED) is 0.380. The number of halogens is 8. The number of hydrogen-bond donors (Lipinski definition) is 2. The van der Waals surface area contributed by atoms with Gasteiger partial charge in [0.25, 0.3) is 0 Å². The van der Waals surface area contributed by atoms with Crippen LogP contribution in [0.15, 0.2) is 47.4 Å². The number of hydrogen-bond acceptors (Lipinski definition) is 3. The van der Waals surface area contributed by atoms with Crippen molar-refractivity contribution in [1.82, 2.24) is 10.6 Å². The molecule has 0 aromatic heterocycles. The number of benzene rings is 2. The van der Waals surface area contributed by atoms with Crippen molar-refractivity contribution in [1.29, 1.82) is 0 Å². The molecule has 2 aliphatic carbocycles. The van der Waals surface area contributed by atoms with Gasteiger partial charge in [0.2, 0.25) is 0 Å². The first kappa shape index (κ1) is 28.1.